The number of phenols is 2. The minimum Gasteiger partial charge on any atom is -0.508 e. The van der Waals surface area contributed by atoms with Gasteiger partial charge in [-0.2, -0.15) is 0 Å². The van der Waals surface area contributed by atoms with Crippen LogP contribution in [0.1, 0.15) is 6.92 Å². The Morgan fingerprint density at radius 2 is 1.67 bits per heavy atom. The molecule has 158 valence electrons. The van der Waals surface area contributed by atoms with Gasteiger partial charge in [-0.3, -0.25) is 4.79 Å². The summed E-state index contributed by atoms with van der Waals surface area (Å²) in [4.78, 5) is 13.2. The first-order valence-corrected chi connectivity index (χ1v) is 9.22. The molecule has 3 aromatic rings. The first kappa shape index (κ1) is 20.2. The number of hydrogen-bond acceptors (Lipinski definition) is 9. The summed E-state index contributed by atoms with van der Waals surface area (Å²) < 4.78 is 16.8. The van der Waals surface area contributed by atoms with Gasteiger partial charge in [0.1, 0.15) is 40.8 Å². The lowest BCUT2D eigenvalue weighted by Gasteiger charge is -2.38. The average Bonchev–Trinajstić information content (AvgIpc) is 2.72. The second-order valence-electron chi connectivity index (χ2n) is 7.09. The number of rotatable bonds is 3. The van der Waals surface area contributed by atoms with E-state index in [0.717, 1.165) is 6.07 Å². The minimum absolute atomic E-state index is 0.0258. The van der Waals surface area contributed by atoms with Gasteiger partial charge in [0.25, 0.3) is 0 Å². The average molecular weight is 416 g/mol. The van der Waals surface area contributed by atoms with Gasteiger partial charge in [-0.15, -0.1) is 0 Å². The standard InChI is InChI=1S/C21H20O9/c1-9-15(24)17(26)18(27)21(28-9)30-20-16(25)14-12(23)7-11(22)8-13(14)29-19(20)10-5-3-2-4-6-10/h2-9,15,17-18,21-24,26-27H,1H3/t9?,15-,17?,18-,21-/m0/s1. The van der Waals surface area contributed by atoms with Gasteiger partial charge in [0, 0.05) is 17.7 Å². The maximum atomic E-state index is 13.2. The fourth-order valence-corrected chi connectivity index (χ4v) is 3.38. The van der Waals surface area contributed by atoms with Crippen LogP contribution in [0.4, 0.5) is 0 Å². The summed E-state index contributed by atoms with van der Waals surface area (Å²) in [7, 11) is 0. The molecule has 1 fully saturated rings. The molecule has 1 aliphatic rings. The van der Waals surface area contributed by atoms with Crippen LogP contribution < -0.4 is 10.2 Å². The molecule has 5 atom stereocenters. The molecule has 2 unspecified atom stereocenters. The Bertz CT molecular complexity index is 1120. The van der Waals surface area contributed by atoms with Crippen LogP contribution >= 0.6 is 0 Å². The monoisotopic (exact) mass is 416 g/mol. The molecule has 4 rings (SSSR count). The van der Waals surface area contributed by atoms with Crippen molar-refractivity contribution in [2.24, 2.45) is 0 Å². The number of benzene rings is 2. The Hall–Kier alpha value is -3.11. The van der Waals surface area contributed by atoms with Gasteiger partial charge in [-0.25, -0.2) is 0 Å². The van der Waals surface area contributed by atoms with Crippen molar-refractivity contribution >= 4 is 11.0 Å². The van der Waals surface area contributed by atoms with Crippen LogP contribution in [0.5, 0.6) is 17.2 Å². The van der Waals surface area contributed by atoms with Crippen molar-refractivity contribution in [1.29, 1.82) is 0 Å². The smallest absolute Gasteiger partial charge is 0.239 e. The summed E-state index contributed by atoms with van der Waals surface area (Å²) in [5.74, 6) is -1.21. The molecule has 0 spiro atoms. The largest absolute Gasteiger partial charge is 0.508 e. The zero-order valence-electron chi connectivity index (χ0n) is 15.8. The van der Waals surface area contributed by atoms with Crippen LogP contribution in [-0.4, -0.2) is 56.2 Å². The first-order valence-electron chi connectivity index (χ1n) is 9.22. The van der Waals surface area contributed by atoms with Crippen molar-refractivity contribution in [1.82, 2.24) is 0 Å². The molecule has 1 saturated heterocycles. The zero-order valence-corrected chi connectivity index (χ0v) is 15.8. The number of hydrogen-bond donors (Lipinski definition) is 5. The van der Waals surface area contributed by atoms with E-state index in [0.29, 0.717) is 5.56 Å². The van der Waals surface area contributed by atoms with Gasteiger partial charge in [-0.05, 0) is 6.92 Å². The molecule has 9 nitrogen and oxygen atoms in total. The van der Waals surface area contributed by atoms with Gasteiger partial charge >= 0.3 is 0 Å². The van der Waals surface area contributed by atoms with E-state index < -0.39 is 41.9 Å². The highest BCUT2D eigenvalue weighted by molar-refractivity contribution is 5.88. The third-order valence-corrected chi connectivity index (χ3v) is 5.00. The van der Waals surface area contributed by atoms with Crippen LogP contribution in [0.25, 0.3) is 22.3 Å². The van der Waals surface area contributed by atoms with Gasteiger partial charge in [-0.1, -0.05) is 30.3 Å². The molecule has 2 aromatic carbocycles. The topological polar surface area (TPSA) is 150 Å². The number of aromatic hydroxyl groups is 2. The van der Waals surface area contributed by atoms with Crippen LogP contribution in [0.3, 0.4) is 0 Å². The van der Waals surface area contributed by atoms with Crippen LogP contribution in [-0.2, 0) is 4.74 Å². The predicted octanol–water partition coefficient (Wildman–Crippen LogP) is 1.08. The van der Waals surface area contributed by atoms with E-state index >= 15 is 0 Å². The third-order valence-electron chi connectivity index (χ3n) is 5.00. The van der Waals surface area contributed by atoms with Crippen LogP contribution in [0, 0.1) is 0 Å². The van der Waals surface area contributed by atoms with Crippen LogP contribution in [0.15, 0.2) is 51.7 Å². The highest BCUT2D eigenvalue weighted by Crippen LogP contribution is 2.36. The van der Waals surface area contributed by atoms with Crippen molar-refractivity contribution in [2.75, 3.05) is 0 Å². The third kappa shape index (κ3) is 3.37. The molecule has 30 heavy (non-hydrogen) atoms. The molecular formula is C21H20O9. The fourth-order valence-electron chi connectivity index (χ4n) is 3.38. The van der Waals surface area contributed by atoms with E-state index in [1.54, 1.807) is 30.3 Å². The quantitative estimate of drug-likeness (QED) is 0.423. The number of aliphatic hydroxyl groups is 3. The Balaban J connectivity index is 1.89. The summed E-state index contributed by atoms with van der Waals surface area (Å²) >= 11 is 0. The maximum Gasteiger partial charge on any atom is 0.239 e. The maximum absolute atomic E-state index is 13.2. The highest BCUT2D eigenvalue weighted by atomic mass is 16.7. The van der Waals surface area contributed by atoms with Crippen molar-refractivity contribution < 1.29 is 39.4 Å². The minimum atomic E-state index is -1.65. The normalized spacial score (nSPS) is 26.6. The van der Waals surface area contributed by atoms with Crippen molar-refractivity contribution in [3.05, 3.63) is 52.7 Å². The molecule has 0 amide bonds. The summed E-state index contributed by atoms with van der Waals surface area (Å²) in [5, 5.41) is 49.9. The van der Waals surface area contributed by atoms with E-state index in [2.05, 4.69) is 0 Å². The van der Waals surface area contributed by atoms with Crippen LogP contribution in [0.2, 0.25) is 0 Å². The van der Waals surface area contributed by atoms with Crippen molar-refractivity contribution in [3.8, 4) is 28.6 Å². The summed E-state index contributed by atoms with van der Waals surface area (Å²) in [6.45, 7) is 1.48. The molecule has 0 saturated carbocycles. The Kier molecular flexibility index (Phi) is 5.12. The first-order chi connectivity index (χ1) is 14.3. The molecule has 1 aliphatic heterocycles. The number of phenolic OH excluding ortho intramolecular Hbond substituents is 2. The lowest BCUT2D eigenvalue weighted by Crippen LogP contribution is -2.58. The van der Waals surface area contributed by atoms with E-state index in [1.165, 1.54) is 13.0 Å². The summed E-state index contributed by atoms with van der Waals surface area (Å²) in [6, 6.07) is 10.6. The molecule has 0 radical (unpaired) electrons. The second-order valence-corrected chi connectivity index (χ2v) is 7.09. The van der Waals surface area contributed by atoms with Gasteiger partial charge in [0.15, 0.2) is 5.76 Å². The van der Waals surface area contributed by atoms with E-state index in [1.807, 2.05) is 0 Å². The lowest BCUT2D eigenvalue weighted by atomic mass is 10.00. The van der Waals surface area contributed by atoms with E-state index in [-0.39, 0.29) is 28.2 Å². The zero-order chi connectivity index (χ0) is 21.6. The molecule has 2 heterocycles. The fraction of sp³-hybridized carbons (Fsp3) is 0.286. The van der Waals surface area contributed by atoms with E-state index in [9.17, 15) is 30.3 Å². The molecule has 0 aliphatic carbocycles. The molecule has 9 heteroatoms. The number of aliphatic hydroxyl groups excluding tert-OH is 3. The summed E-state index contributed by atoms with van der Waals surface area (Å²) in [5.41, 5.74) is -0.387. The van der Waals surface area contributed by atoms with Crippen molar-refractivity contribution in [3.63, 3.8) is 0 Å². The number of fused-ring (bicyclic) bond motifs is 1. The number of ether oxygens (including phenoxy) is 2. The van der Waals surface area contributed by atoms with Gasteiger partial charge in [0.05, 0.1) is 6.10 Å². The molecular weight excluding hydrogens is 396 g/mol. The second kappa shape index (κ2) is 7.62. The Morgan fingerprint density at radius 1 is 0.967 bits per heavy atom. The van der Waals surface area contributed by atoms with Gasteiger partial charge in [0.2, 0.25) is 17.5 Å². The molecule has 5 N–H and O–H groups in total. The van der Waals surface area contributed by atoms with Crippen molar-refractivity contribution in [2.45, 2.75) is 37.6 Å². The Morgan fingerprint density at radius 3 is 2.37 bits per heavy atom. The van der Waals surface area contributed by atoms with Gasteiger partial charge < -0.3 is 39.4 Å². The van der Waals surface area contributed by atoms with E-state index in [4.69, 9.17) is 13.9 Å². The highest BCUT2D eigenvalue weighted by Gasteiger charge is 2.44. The lowest BCUT2D eigenvalue weighted by molar-refractivity contribution is -0.268. The summed E-state index contributed by atoms with van der Waals surface area (Å²) in [6.07, 6.45) is -6.92. The SMILES string of the molecule is CC1O[C@@H](Oc2c(-c3ccccc3)oc3cc(O)cc(O)c3c2=O)[C@@H](O)C(O)[C@H]1O. The predicted molar refractivity (Wildman–Crippen MR) is 104 cm³/mol. The molecule has 0 bridgehead atoms. The Labute approximate surface area is 170 Å². The molecule has 1 aromatic heterocycles.